The third-order valence-electron chi connectivity index (χ3n) is 2.68. The first-order valence-corrected chi connectivity index (χ1v) is 7.21. The van der Waals surface area contributed by atoms with Crippen molar-refractivity contribution in [2.45, 2.75) is 6.92 Å². The molecule has 0 saturated heterocycles. The number of benzene rings is 1. The highest BCUT2D eigenvalue weighted by atomic mass is 16.5. The number of amides is 2. The maximum absolute atomic E-state index is 12.0. The monoisotopic (exact) mass is 309 g/mol. The SMILES string of the molecule is CCOCCOCC(=O)Nc1ccccc1C(=O)NCCN. The van der Waals surface area contributed by atoms with E-state index in [1.165, 1.54) is 0 Å². The molecule has 0 aliphatic carbocycles. The molecule has 1 aromatic carbocycles. The largest absolute Gasteiger partial charge is 0.379 e. The van der Waals surface area contributed by atoms with Crippen LogP contribution in [0.1, 0.15) is 17.3 Å². The van der Waals surface area contributed by atoms with Crippen LogP contribution in [0.3, 0.4) is 0 Å². The summed E-state index contributed by atoms with van der Waals surface area (Å²) >= 11 is 0. The van der Waals surface area contributed by atoms with Gasteiger partial charge in [-0.15, -0.1) is 0 Å². The fraction of sp³-hybridized carbons (Fsp3) is 0.467. The minimum atomic E-state index is -0.324. The zero-order valence-electron chi connectivity index (χ0n) is 12.8. The second kappa shape index (κ2) is 10.7. The summed E-state index contributed by atoms with van der Waals surface area (Å²) in [6, 6.07) is 6.77. The van der Waals surface area contributed by atoms with Crippen LogP contribution in [0.15, 0.2) is 24.3 Å². The zero-order chi connectivity index (χ0) is 16.2. The highest BCUT2D eigenvalue weighted by molar-refractivity contribution is 6.03. The summed E-state index contributed by atoms with van der Waals surface area (Å²) in [6.45, 7) is 3.93. The number of rotatable bonds is 10. The highest BCUT2D eigenvalue weighted by Crippen LogP contribution is 2.14. The molecule has 0 bridgehead atoms. The van der Waals surface area contributed by atoms with E-state index in [9.17, 15) is 9.59 Å². The van der Waals surface area contributed by atoms with E-state index >= 15 is 0 Å². The lowest BCUT2D eigenvalue weighted by atomic mass is 10.1. The maximum atomic E-state index is 12.0. The summed E-state index contributed by atoms with van der Waals surface area (Å²) in [4.78, 5) is 23.8. The summed E-state index contributed by atoms with van der Waals surface area (Å²) in [5.74, 6) is -0.603. The Morgan fingerprint density at radius 1 is 1.18 bits per heavy atom. The number of hydrogen-bond acceptors (Lipinski definition) is 5. The Morgan fingerprint density at radius 2 is 1.91 bits per heavy atom. The van der Waals surface area contributed by atoms with Gasteiger partial charge in [0, 0.05) is 19.7 Å². The first-order valence-electron chi connectivity index (χ1n) is 7.21. The van der Waals surface area contributed by atoms with E-state index in [1.807, 2.05) is 6.92 Å². The average molecular weight is 309 g/mol. The molecule has 0 unspecified atom stereocenters. The van der Waals surface area contributed by atoms with Gasteiger partial charge in [0.15, 0.2) is 0 Å². The fourth-order valence-corrected chi connectivity index (χ4v) is 1.68. The Hall–Kier alpha value is -1.96. The molecule has 1 aromatic rings. The van der Waals surface area contributed by atoms with E-state index in [0.717, 1.165) is 0 Å². The number of nitrogens with two attached hydrogens (primary N) is 1. The Balaban J connectivity index is 2.50. The Morgan fingerprint density at radius 3 is 2.64 bits per heavy atom. The summed E-state index contributed by atoms with van der Waals surface area (Å²) in [7, 11) is 0. The van der Waals surface area contributed by atoms with Gasteiger partial charge >= 0.3 is 0 Å². The van der Waals surface area contributed by atoms with Gasteiger partial charge in [0.05, 0.1) is 24.5 Å². The molecule has 0 saturated carbocycles. The van der Waals surface area contributed by atoms with Crippen molar-refractivity contribution in [2.75, 3.05) is 44.8 Å². The van der Waals surface area contributed by atoms with Crippen LogP contribution >= 0.6 is 0 Å². The first-order chi connectivity index (χ1) is 10.7. The Labute approximate surface area is 130 Å². The second-order valence-corrected chi connectivity index (χ2v) is 4.39. The quantitative estimate of drug-likeness (QED) is 0.542. The van der Waals surface area contributed by atoms with Crippen molar-refractivity contribution in [2.24, 2.45) is 5.73 Å². The third-order valence-corrected chi connectivity index (χ3v) is 2.68. The van der Waals surface area contributed by atoms with E-state index in [4.69, 9.17) is 15.2 Å². The minimum absolute atomic E-state index is 0.0914. The van der Waals surface area contributed by atoms with Crippen LogP contribution in [-0.4, -0.2) is 51.3 Å². The third kappa shape index (κ3) is 6.66. The molecule has 0 aliphatic rings. The second-order valence-electron chi connectivity index (χ2n) is 4.39. The summed E-state index contributed by atoms with van der Waals surface area (Å²) in [6.07, 6.45) is 0. The number of hydrogen-bond donors (Lipinski definition) is 3. The predicted molar refractivity (Wildman–Crippen MR) is 83.8 cm³/mol. The molecule has 0 atom stereocenters. The number of ether oxygens (including phenoxy) is 2. The molecule has 1 rings (SSSR count). The molecule has 4 N–H and O–H groups in total. The van der Waals surface area contributed by atoms with Crippen molar-refractivity contribution in [1.82, 2.24) is 5.32 Å². The van der Waals surface area contributed by atoms with Crippen molar-refractivity contribution in [3.05, 3.63) is 29.8 Å². The number of nitrogens with one attached hydrogen (secondary N) is 2. The van der Waals surface area contributed by atoms with Crippen LogP contribution in [0.4, 0.5) is 5.69 Å². The van der Waals surface area contributed by atoms with Crippen molar-refractivity contribution in [3.63, 3.8) is 0 Å². The van der Waals surface area contributed by atoms with Gasteiger partial charge in [-0.05, 0) is 19.1 Å². The van der Waals surface area contributed by atoms with Gasteiger partial charge in [-0.25, -0.2) is 0 Å². The molecular formula is C15H23N3O4. The van der Waals surface area contributed by atoms with Crippen LogP contribution in [-0.2, 0) is 14.3 Å². The normalized spacial score (nSPS) is 10.3. The molecule has 7 heteroatoms. The van der Waals surface area contributed by atoms with E-state index in [1.54, 1.807) is 24.3 Å². The standard InChI is InChI=1S/C15H23N3O4/c1-2-21-9-10-22-11-14(19)18-13-6-4-3-5-12(13)15(20)17-8-7-16/h3-6H,2,7-11,16H2,1H3,(H,17,20)(H,18,19). The molecule has 0 radical (unpaired) electrons. The topological polar surface area (TPSA) is 103 Å². The number of para-hydroxylation sites is 1. The van der Waals surface area contributed by atoms with Gasteiger partial charge in [0.2, 0.25) is 5.91 Å². The van der Waals surface area contributed by atoms with Gasteiger partial charge in [0.1, 0.15) is 6.61 Å². The number of carbonyl (C=O) groups is 2. The lowest BCUT2D eigenvalue weighted by molar-refractivity contribution is -0.121. The van der Waals surface area contributed by atoms with Crippen LogP contribution in [0, 0.1) is 0 Å². The molecule has 2 amide bonds. The van der Waals surface area contributed by atoms with Gasteiger partial charge in [0.25, 0.3) is 5.91 Å². The van der Waals surface area contributed by atoms with E-state index in [-0.39, 0.29) is 18.4 Å². The van der Waals surface area contributed by atoms with Gasteiger partial charge in [-0.2, -0.15) is 0 Å². The zero-order valence-corrected chi connectivity index (χ0v) is 12.8. The van der Waals surface area contributed by atoms with E-state index in [0.29, 0.717) is 44.2 Å². The molecule has 0 fully saturated rings. The van der Waals surface area contributed by atoms with Crippen molar-refractivity contribution in [1.29, 1.82) is 0 Å². The smallest absolute Gasteiger partial charge is 0.253 e. The van der Waals surface area contributed by atoms with Crippen LogP contribution < -0.4 is 16.4 Å². The highest BCUT2D eigenvalue weighted by Gasteiger charge is 2.12. The molecular weight excluding hydrogens is 286 g/mol. The van der Waals surface area contributed by atoms with E-state index in [2.05, 4.69) is 10.6 Å². The summed E-state index contributed by atoms with van der Waals surface area (Å²) < 4.78 is 10.3. The lowest BCUT2D eigenvalue weighted by Gasteiger charge is -2.11. The average Bonchev–Trinajstić information content (AvgIpc) is 2.53. The first kappa shape index (κ1) is 18.1. The van der Waals surface area contributed by atoms with Gasteiger partial charge in [-0.1, -0.05) is 12.1 Å². The van der Waals surface area contributed by atoms with Crippen LogP contribution in [0.25, 0.3) is 0 Å². The van der Waals surface area contributed by atoms with E-state index < -0.39 is 0 Å². The van der Waals surface area contributed by atoms with Crippen LogP contribution in [0.5, 0.6) is 0 Å². The number of carbonyl (C=O) groups excluding carboxylic acids is 2. The molecule has 122 valence electrons. The molecule has 0 heterocycles. The van der Waals surface area contributed by atoms with Crippen molar-refractivity contribution < 1.29 is 19.1 Å². The summed E-state index contributed by atoms with van der Waals surface area (Å²) in [5, 5.41) is 5.33. The molecule has 0 aromatic heterocycles. The van der Waals surface area contributed by atoms with Crippen molar-refractivity contribution in [3.8, 4) is 0 Å². The molecule has 0 spiro atoms. The molecule has 7 nitrogen and oxygen atoms in total. The molecule has 0 aliphatic heterocycles. The Kier molecular flexibility index (Phi) is 8.82. The van der Waals surface area contributed by atoms with Crippen LogP contribution in [0.2, 0.25) is 0 Å². The predicted octanol–water partition coefficient (Wildman–Crippen LogP) is 0.367. The summed E-state index contributed by atoms with van der Waals surface area (Å²) in [5.41, 5.74) is 6.18. The van der Waals surface area contributed by atoms with Gasteiger partial charge in [-0.3, -0.25) is 9.59 Å². The lowest BCUT2D eigenvalue weighted by Crippen LogP contribution is -2.30. The molecule has 22 heavy (non-hydrogen) atoms. The Bertz CT molecular complexity index is 480. The maximum Gasteiger partial charge on any atom is 0.253 e. The fourth-order valence-electron chi connectivity index (χ4n) is 1.68. The van der Waals surface area contributed by atoms with Gasteiger partial charge < -0.3 is 25.8 Å². The van der Waals surface area contributed by atoms with Crippen molar-refractivity contribution >= 4 is 17.5 Å². The number of anilines is 1. The minimum Gasteiger partial charge on any atom is -0.379 e.